The van der Waals surface area contributed by atoms with Crippen LogP contribution in [0.3, 0.4) is 0 Å². The molecule has 0 N–H and O–H groups in total. The molecule has 17 heavy (non-hydrogen) atoms. The number of carbonyl (C=O) groups is 1. The van der Waals surface area contributed by atoms with Gasteiger partial charge in [-0.25, -0.2) is 0 Å². The summed E-state index contributed by atoms with van der Waals surface area (Å²) in [5.41, 5.74) is 1.89. The van der Waals surface area contributed by atoms with E-state index < -0.39 is 0 Å². The van der Waals surface area contributed by atoms with Crippen molar-refractivity contribution >= 4 is 17.6 Å². The summed E-state index contributed by atoms with van der Waals surface area (Å²) in [5.74, 6) is 0.545. The van der Waals surface area contributed by atoms with E-state index in [0.717, 1.165) is 11.1 Å². The van der Waals surface area contributed by atoms with Crippen molar-refractivity contribution in [1.29, 1.82) is 0 Å². The monoisotopic (exact) mass is 254 g/mol. The summed E-state index contributed by atoms with van der Waals surface area (Å²) in [6.07, 6.45) is 0. The van der Waals surface area contributed by atoms with Gasteiger partial charge in [-0.2, -0.15) is 0 Å². The zero-order valence-electron chi connectivity index (χ0n) is 11.0. The molecule has 1 aromatic rings. The van der Waals surface area contributed by atoms with Crippen LogP contribution >= 0.6 is 11.6 Å². The van der Waals surface area contributed by atoms with Crippen LogP contribution in [0, 0.1) is 12.8 Å². The van der Waals surface area contributed by atoms with Gasteiger partial charge in [0, 0.05) is 5.02 Å². The minimum atomic E-state index is -0.214. The number of ether oxygens (including phenoxy) is 1. The Kier molecular flexibility index (Phi) is 4.58. The molecule has 0 radical (unpaired) electrons. The lowest BCUT2D eigenvalue weighted by Crippen LogP contribution is -2.16. The van der Waals surface area contributed by atoms with Crippen LogP contribution in [0.4, 0.5) is 0 Å². The molecule has 1 aromatic carbocycles. The Morgan fingerprint density at radius 1 is 1.24 bits per heavy atom. The van der Waals surface area contributed by atoms with Gasteiger partial charge in [0.25, 0.3) is 0 Å². The van der Waals surface area contributed by atoms with Crippen molar-refractivity contribution in [1.82, 2.24) is 0 Å². The second-order valence-electron chi connectivity index (χ2n) is 4.87. The van der Waals surface area contributed by atoms with Gasteiger partial charge in [0.15, 0.2) is 0 Å². The number of halogens is 1. The Morgan fingerprint density at radius 2 is 1.82 bits per heavy atom. The molecule has 2 nitrogen and oxygen atoms in total. The smallest absolute Gasteiger partial charge is 0.313 e. The fraction of sp³-hybridized carbons (Fsp3) is 0.500. The van der Waals surface area contributed by atoms with Crippen LogP contribution in [0.1, 0.15) is 44.7 Å². The van der Waals surface area contributed by atoms with E-state index >= 15 is 0 Å². The van der Waals surface area contributed by atoms with E-state index in [1.807, 2.05) is 46.8 Å². The Bertz CT molecular complexity index is 422. The predicted octanol–water partition coefficient (Wildman–Crippen LogP) is 4.33. The quantitative estimate of drug-likeness (QED) is 0.593. The molecule has 0 heterocycles. The maximum Gasteiger partial charge on any atom is 0.313 e. The van der Waals surface area contributed by atoms with Crippen LogP contribution in [-0.4, -0.2) is 5.97 Å². The van der Waals surface area contributed by atoms with E-state index in [-0.39, 0.29) is 17.8 Å². The highest BCUT2D eigenvalue weighted by Crippen LogP contribution is 2.32. The topological polar surface area (TPSA) is 26.3 Å². The van der Waals surface area contributed by atoms with Crippen molar-refractivity contribution in [2.45, 2.75) is 40.5 Å². The Balaban J connectivity index is 3.13. The normalized spacial score (nSPS) is 11.1. The molecule has 0 spiro atoms. The molecule has 1 rings (SSSR count). The lowest BCUT2D eigenvalue weighted by molar-refractivity contribution is -0.137. The summed E-state index contributed by atoms with van der Waals surface area (Å²) in [4.78, 5) is 11.6. The van der Waals surface area contributed by atoms with Crippen LogP contribution in [0.15, 0.2) is 12.1 Å². The van der Waals surface area contributed by atoms with Crippen molar-refractivity contribution < 1.29 is 9.53 Å². The van der Waals surface area contributed by atoms with Gasteiger partial charge in [-0.15, -0.1) is 0 Å². The molecule has 3 heteroatoms. The Labute approximate surface area is 108 Å². The number of hydrogen-bond acceptors (Lipinski definition) is 2. The molecule has 0 aliphatic heterocycles. The zero-order chi connectivity index (χ0) is 13.2. The first-order chi connectivity index (χ1) is 7.82. The number of hydrogen-bond donors (Lipinski definition) is 0. The van der Waals surface area contributed by atoms with Gasteiger partial charge in [-0.1, -0.05) is 39.3 Å². The van der Waals surface area contributed by atoms with Gasteiger partial charge >= 0.3 is 5.97 Å². The molecule has 0 bridgehead atoms. The molecule has 0 saturated heterocycles. The number of esters is 1. The van der Waals surface area contributed by atoms with Gasteiger partial charge in [0.1, 0.15) is 5.75 Å². The van der Waals surface area contributed by atoms with E-state index in [2.05, 4.69) is 0 Å². The second kappa shape index (κ2) is 5.54. The molecule has 94 valence electrons. The standard InChI is InChI=1S/C14H19ClO2/c1-8(2)11-7-12(15)10(5)6-13(11)17-14(16)9(3)4/h6-9H,1-5H3. The summed E-state index contributed by atoms with van der Waals surface area (Å²) < 4.78 is 5.41. The third-order valence-corrected chi connectivity index (χ3v) is 3.00. The van der Waals surface area contributed by atoms with Gasteiger partial charge in [-0.05, 0) is 36.1 Å². The maximum absolute atomic E-state index is 11.6. The molecule has 0 aromatic heterocycles. The third kappa shape index (κ3) is 3.47. The lowest BCUT2D eigenvalue weighted by atomic mass is 10.0. The summed E-state index contributed by atoms with van der Waals surface area (Å²) in [6, 6.07) is 3.71. The fourth-order valence-electron chi connectivity index (χ4n) is 1.44. The van der Waals surface area contributed by atoms with Crippen LogP contribution in [0.25, 0.3) is 0 Å². The minimum Gasteiger partial charge on any atom is -0.426 e. The van der Waals surface area contributed by atoms with Crippen LogP contribution in [0.2, 0.25) is 5.02 Å². The van der Waals surface area contributed by atoms with Gasteiger partial charge in [0.05, 0.1) is 5.92 Å². The highest BCUT2D eigenvalue weighted by molar-refractivity contribution is 6.31. The lowest BCUT2D eigenvalue weighted by Gasteiger charge is -2.15. The number of carbonyl (C=O) groups excluding carboxylic acids is 1. The first-order valence-electron chi connectivity index (χ1n) is 5.84. The summed E-state index contributed by atoms with van der Waals surface area (Å²) in [7, 11) is 0. The highest BCUT2D eigenvalue weighted by atomic mass is 35.5. The van der Waals surface area contributed by atoms with Crippen LogP contribution < -0.4 is 4.74 Å². The molecular formula is C14H19ClO2. The molecule has 0 aliphatic rings. The van der Waals surface area contributed by atoms with Crippen molar-refractivity contribution in [3.05, 3.63) is 28.3 Å². The summed E-state index contributed by atoms with van der Waals surface area (Å²) in [6.45, 7) is 9.64. The zero-order valence-corrected chi connectivity index (χ0v) is 11.8. The largest absolute Gasteiger partial charge is 0.426 e. The Hall–Kier alpha value is -1.02. The van der Waals surface area contributed by atoms with E-state index in [0.29, 0.717) is 10.8 Å². The van der Waals surface area contributed by atoms with Crippen molar-refractivity contribution in [3.8, 4) is 5.75 Å². The van der Waals surface area contributed by atoms with Crippen LogP contribution in [0.5, 0.6) is 5.75 Å². The summed E-state index contributed by atoms with van der Waals surface area (Å²) in [5, 5.41) is 0.707. The molecule has 0 fully saturated rings. The molecule has 0 amide bonds. The first kappa shape index (κ1) is 14.0. The van der Waals surface area contributed by atoms with Gasteiger partial charge < -0.3 is 4.74 Å². The molecule has 0 atom stereocenters. The Morgan fingerprint density at radius 3 is 2.29 bits per heavy atom. The molecule has 0 saturated carbocycles. The van der Waals surface area contributed by atoms with E-state index in [1.54, 1.807) is 0 Å². The maximum atomic E-state index is 11.6. The second-order valence-corrected chi connectivity index (χ2v) is 5.28. The van der Waals surface area contributed by atoms with E-state index in [1.165, 1.54) is 0 Å². The van der Waals surface area contributed by atoms with Crippen molar-refractivity contribution in [2.75, 3.05) is 0 Å². The SMILES string of the molecule is Cc1cc(OC(=O)C(C)C)c(C(C)C)cc1Cl. The van der Waals surface area contributed by atoms with E-state index in [4.69, 9.17) is 16.3 Å². The van der Waals surface area contributed by atoms with Gasteiger partial charge in [-0.3, -0.25) is 4.79 Å². The molecule has 0 unspecified atom stereocenters. The van der Waals surface area contributed by atoms with Crippen LogP contribution in [-0.2, 0) is 4.79 Å². The average Bonchev–Trinajstić information content (AvgIpc) is 2.22. The molecule has 0 aliphatic carbocycles. The number of benzene rings is 1. The highest BCUT2D eigenvalue weighted by Gasteiger charge is 2.16. The fourth-order valence-corrected chi connectivity index (χ4v) is 1.61. The third-order valence-electron chi connectivity index (χ3n) is 2.60. The van der Waals surface area contributed by atoms with Crippen molar-refractivity contribution in [2.24, 2.45) is 5.92 Å². The first-order valence-corrected chi connectivity index (χ1v) is 6.22. The predicted molar refractivity (Wildman–Crippen MR) is 70.8 cm³/mol. The number of aryl methyl sites for hydroxylation is 1. The minimum absolute atomic E-state index is 0.133. The number of rotatable bonds is 3. The molecular weight excluding hydrogens is 236 g/mol. The average molecular weight is 255 g/mol. The summed E-state index contributed by atoms with van der Waals surface area (Å²) >= 11 is 6.09. The van der Waals surface area contributed by atoms with Gasteiger partial charge in [0.2, 0.25) is 0 Å². The van der Waals surface area contributed by atoms with Crippen molar-refractivity contribution in [3.63, 3.8) is 0 Å². The van der Waals surface area contributed by atoms with E-state index in [9.17, 15) is 4.79 Å².